The number of ether oxygens (including phenoxy) is 3. The third kappa shape index (κ3) is 8.88. The molecule has 2 heterocycles. The van der Waals surface area contributed by atoms with Crippen molar-refractivity contribution < 1.29 is 33.4 Å². The molecule has 0 saturated carbocycles. The highest BCUT2D eigenvalue weighted by Crippen LogP contribution is 2.43. The van der Waals surface area contributed by atoms with E-state index in [1.807, 2.05) is 41.3 Å². The molecule has 1 N–H and O–H groups in total. The number of likely N-dealkylation sites (tertiary alicyclic amines) is 1. The molecule has 1 fully saturated rings. The van der Waals surface area contributed by atoms with Crippen LogP contribution < -0.4 is 14.2 Å². The predicted octanol–water partition coefficient (Wildman–Crippen LogP) is 5.03. The third-order valence-electron chi connectivity index (χ3n) is 8.98. The molecule has 2 aliphatic rings. The lowest BCUT2D eigenvalue weighted by atomic mass is 9.83. The maximum atomic E-state index is 13.9. The van der Waals surface area contributed by atoms with Gasteiger partial charge in [0.25, 0.3) is 0 Å². The van der Waals surface area contributed by atoms with Crippen molar-refractivity contribution >= 4 is 11.9 Å². The fraction of sp³-hybridized carbons (Fsp3) is 0.600. The molecule has 0 bridgehead atoms. The first kappa shape index (κ1) is 33.6. The molecule has 44 heavy (non-hydrogen) atoms. The van der Waals surface area contributed by atoms with E-state index >= 15 is 0 Å². The van der Waals surface area contributed by atoms with Crippen LogP contribution in [-0.2, 0) is 16.0 Å². The highest BCUT2D eigenvalue weighted by atomic mass is 16.7. The topological polar surface area (TPSA) is 88.5 Å². The molecule has 0 radical (unpaired) electrons. The number of aliphatic carboxylic acids is 1. The molecule has 0 aromatic heterocycles. The molecule has 2 aromatic rings. The van der Waals surface area contributed by atoms with E-state index in [4.69, 9.17) is 14.2 Å². The Hall–Kier alpha value is -3.30. The van der Waals surface area contributed by atoms with Crippen molar-refractivity contribution in [1.82, 2.24) is 9.80 Å². The summed E-state index contributed by atoms with van der Waals surface area (Å²) in [6, 6.07) is 13.4. The summed E-state index contributed by atoms with van der Waals surface area (Å²) in [6.07, 6.45) is 6.23. The van der Waals surface area contributed by atoms with Crippen molar-refractivity contribution in [2.75, 3.05) is 67.8 Å². The van der Waals surface area contributed by atoms with Crippen molar-refractivity contribution in [1.29, 1.82) is 0 Å². The van der Waals surface area contributed by atoms with Gasteiger partial charge in [-0.2, -0.15) is 0 Å². The monoisotopic (exact) mass is 610 g/mol. The lowest BCUT2D eigenvalue weighted by Gasteiger charge is -2.30. The molecule has 1 amide bonds. The Bertz CT molecular complexity index is 1250. The number of hydrogen-bond acceptors (Lipinski definition) is 6. The number of amides is 1. The van der Waals surface area contributed by atoms with Gasteiger partial charge in [-0.25, -0.2) is 0 Å². The molecule has 2 aliphatic heterocycles. The van der Waals surface area contributed by atoms with E-state index in [0.29, 0.717) is 24.5 Å². The minimum atomic E-state index is -0.826. The van der Waals surface area contributed by atoms with Gasteiger partial charge in [0.15, 0.2) is 11.5 Å². The zero-order valence-corrected chi connectivity index (χ0v) is 27.3. The van der Waals surface area contributed by atoms with Crippen LogP contribution in [0.25, 0.3) is 0 Å². The number of rotatable bonds is 17. The average molecular weight is 611 g/mol. The zero-order valence-electron chi connectivity index (χ0n) is 27.3. The normalized spacial score (nSPS) is 19.7. The van der Waals surface area contributed by atoms with Gasteiger partial charge >= 0.3 is 5.97 Å². The maximum Gasteiger partial charge on any atom is 0.308 e. The second kappa shape index (κ2) is 15.6. The second-order valence-corrected chi connectivity index (χ2v) is 13.2. The summed E-state index contributed by atoms with van der Waals surface area (Å²) in [5, 5.41) is 10.6. The van der Waals surface area contributed by atoms with Gasteiger partial charge in [-0.1, -0.05) is 37.6 Å². The smallest absolute Gasteiger partial charge is 0.308 e. The highest BCUT2D eigenvalue weighted by Gasteiger charge is 2.47. The van der Waals surface area contributed by atoms with Crippen molar-refractivity contribution in [2.45, 2.75) is 63.8 Å². The molecule has 9 heteroatoms. The number of aryl methyl sites for hydroxylation is 1. The third-order valence-corrected chi connectivity index (χ3v) is 8.98. The van der Waals surface area contributed by atoms with Crippen LogP contribution in [0, 0.1) is 5.92 Å². The highest BCUT2D eigenvalue weighted by molar-refractivity contribution is 5.79. The predicted molar refractivity (Wildman–Crippen MR) is 171 cm³/mol. The van der Waals surface area contributed by atoms with Gasteiger partial charge in [0, 0.05) is 31.6 Å². The summed E-state index contributed by atoms with van der Waals surface area (Å²) in [6.45, 7) is 5.58. The van der Waals surface area contributed by atoms with E-state index in [1.165, 1.54) is 0 Å². The Morgan fingerprint density at radius 2 is 1.77 bits per heavy atom. The first-order chi connectivity index (χ1) is 21.1. The largest absolute Gasteiger partial charge is 0.496 e. The summed E-state index contributed by atoms with van der Waals surface area (Å²) in [7, 11) is 8.25. The number of para-hydroxylation sites is 1. The minimum Gasteiger partial charge on any atom is -0.496 e. The van der Waals surface area contributed by atoms with Crippen molar-refractivity contribution in [3.8, 4) is 17.2 Å². The van der Waals surface area contributed by atoms with Crippen LogP contribution in [0.1, 0.15) is 62.5 Å². The first-order valence-corrected chi connectivity index (χ1v) is 16.2. The Morgan fingerprint density at radius 1 is 1.02 bits per heavy atom. The van der Waals surface area contributed by atoms with E-state index in [-0.39, 0.29) is 31.2 Å². The number of benzene rings is 2. The van der Waals surface area contributed by atoms with Crippen LogP contribution in [0.15, 0.2) is 42.5 Å². The first-order valence-electron chi connectivity index (χ1n) is 16.2. The number of carbonyl (C=O) groups excluding carboxylic acids is 1. The summed E-state index contributed by atoms with van der Waals surface area (Å²) < 4.78 is 17.6. The summed E-state index contributed by atoms with van der Waals surface area (Å²) in [5.41, 5.74) is 2.02. The molecule has 242 valence electrons. The SMILES string of the molecule is CCCCN(CCCC[N+](C)(C)C)C(=O)CN1CC(c2ccc3c(c2)OCO3)C(C(=O)O)C1CCCc1ccccc1OC. The molecular weight excluding hydrogens is 558 g/mol. The molecular formula is C35H52N3O6+. The van der Waals surface area contributed by atoms with Gasteiger partial charge in [-0.3, -0.25) is 14.5 Å². The number of hydrogen-bond donors (Lipinski definition) is 1. The fourth-order valence-corrected chi connectivity index (χ4v) is 6.62. The van der Waals surface area contributed by atoms with Gasteiger partial charge in [-0.05, 0) is 67.9 Å². The van der Waals surface area contributed by atoms with Crippen LogP contribution in [0.4, 0.5) is 0 Å². The summed E-state index contributed by atoms with van der Waals surface area (Å²) in [4.78, 5) is 31.0. The van der Waals surface area contributed by atoms with Crippen LogP contribution in [0.3, 0.4) is 0 Å². The molecule has 4 rings (SSSR count). The molecule has 0 aliphatic carbocycles. The molecule has 3 atom stereocenters. The molecule has 2 aromatic carbocycles. The standard InChI is InChI=1S/C35H51N3O6/c1-6-7-19-36(20-10-11-21-38(2,3)4)33(39)24-37-23-28(27-17-18-31-32(22-27)44-25-43-31)34(35(40)41)29(37)15-12-14-26-13-8-9-16-30(26)42-5/h8-9,13,16-18,22,28-29,34H,6-7,10-12,14-15,19-21,23-25H2,1-5H3/p+1. The number of carboxylic acid groups (broad SMARTS) is 1. The number of methoxy groups -OCH3 is 1. The number of carboxylic acids is 1. The van der Waals surface area contributed by atoms with E-state index in [9.17, 15) is 14.7 Å². The molecule has 0 spiro atoms. The summed E-state index contributed by atoms with van der Waals surface area (Å²) >= 11 is 0. The number of unbranched alkanes of at least 4 members (excludes halogenated alkanes) is 2. The number of quaternary nitrogens is 1. The van der Waals surface area contributed by atoms with Crippen LogP contribution in [-0.4, -0.2) is 105 Å². The Morgan fingerprint density at radius 3 is 2.50 bits per heavy atom. The fourth-order valence-electron chi connectivity index (χ4n) is 6.62. The Balaban J connectivity index is 1.53. The average Bonchev–Trinajstić information content (AvgIpc) is 3.60. The maximum absolute atomic E-state index is 13.9. The van der Waals surface area contributed by atoms with Gasteiger partial charge in [0.05, 0.1) is 47.3 Å². The lowest BCUT2D eigenvalue weighted by Crippen LogP contribution is -2.45. The van der Waals surface area contributed by atoms with E-state index in [1.54, 1.807) is 7.11 Å². The number of nitrogens with zero attached hydrogens (tertiary/aromatic N) is 3. The quantitative estimate of drug-likeness (QED) is 0.199. The summed E-state index contributed by atoms with van der Waals surface area (Å²) in [5.74, 6) is 0.524. The van der Waals surface area contributed by atoms with E-state index in [2.05, 4.69) is 39.0 Å². The molecule has 3 unspecified atom stereocenters. The Labute approximate surface area is 263 Å². The van der Waals surface area contributed by atoms with Crippen LogP contribution in [0.5, 0.6) is 17.2 Å². The zero-order chi connectivity index (χ0) is 31.7. The van der Waals surface area contributed by atoms with Gasteiger partial charge < -0.3 is 28.7 Å². The number of fused-ring (bicyclic) bond motifs is 1. The van der Waals surface area contributed by atoms with Crippen LogP contribution >= 0.6 is 0 Å². The lowest BCUT2D eigenvalue weighted by molar-refractivity contribution is -0.870. The van der Waals surface area contributed by atoms with Gasteiger partial charge in [0.2, 0.25) is 12.7 Å². The molecule has 1 saturated heterocycles. The van der Waals surface area contributed by atoms with Crippen LogP contribution in [0.2, 0.25) is 0 Å². The Kier molecular flexibility index (Phi) is 11.9. The van der Waals surface area contributed by atoms with Crippen molar-refractivity contribution in [3.63, 3.8) is 0 Å². The van der Waals surface area contributed by atoms with E-state index < -0.39 is 11.9 Å². The minimum absolute atomic E-state index is 0.0916. The van der Waals surface area contributed by atoms with Crippen molar-refractivity contribution in [2.24, 2.45) is 5.92 Å². The van der Waals surface area contributed by atoms with Gasteiger partial charge in [0.1, 0.15) is 5.75 Å². The van der Waals surface area contributed by atoms with Crippen molar-refractivity contribution in [3.05, 3.63) is 53.6 Å². The molecule has 9 nitrogen and oxygen atoms in total. The van der Waals surface area contributed by atoms with Gasteiger partial charge in [-0.15, -0.1) is 0 Å². The van der Waals surface area contributed by atoms with E-state index in [0.717, 1.165) is 79.5 Å². The number of carbonyl (C=O) groups is 2. The second-order valence-electron chi connectivity index (χ2n) is 13.2.